The molecule has 1 aromatic rings. The minimum atomic E-state index is 0.241. The van der Waals surface area contributed by atoms with Gasteiger partial charge in [0.05, 0.1) is 5.70 Å². The van der Waals surface area contributed by atoms with Gasteiger partial charge in [0.25, 0.3) is 0 Å². The Morgan fingerprint density at radius 1 is 1.17 bits per heavy atom. The number of anilines is 1. The Labute approximate surface area is 107 Å². The predicted molar refractivity (Wildman–Crippen MR) is 71.4 cm³/mol. The number of fused-ring (bicyclic) bond motifs is 3. The summed E-state index contributed by atoms with van der Waals surface area (Å²) in [7, 11) is 0. The van der Waals surface area contributed by atoms with Crippen molar-refractivity contribution in [2.24, 2.45) is 16.1 Å². The third kappa shape index (κ3) is 1.44. The number of allylic oxidation sites excluding steroid dienone is 1. The van der Waals surface area contributed by atoms with E-state index in [9.17, 15) is 0 Å². The Morgan fingerprint density at radius 2 is 2.06 bits per heavy atom. The van der Waals surface area contributed by atoms with Crippen molar-refractivity contribution in [3.8, 4) is 0 Å². The molecule has 1 aliphatic carbocycles. The van der Waals surface area contributed by atoms with Crippen molar-refractivity contribution in [1.82, 2.24) is 4.98 Å². The summed E-state index contributed by atoms with van der Waals surface area (Å²) in [4.78, 5) is 3.27. The van der Waals surface area contributed by atoms with Crippen LogP contribution in [0.2, 0.25) is 0 Å². The van der Waals surface area contributed by atoms with Gasteiger partial charge in [-0.25, -0.2) is 0 Å². The number of nitrogens with zero attached hydrogens (tertiary/aromatic N) is 2. The Balaban J connectivity index is 1.78. The molecule has 94 valence electrons. The van der Waals surface area contributed by atoms with E-state index in [0.29, 0.717) is 5.92 Å². The molecule has 4 heteroatoms. The first kappa shape index (κ1) is 10.4. The number of nitrogens with one attached hydrogen (secondary N) is 2. The lowest BCUT2D eigenvalue weighted by Gasteiger charge is -2.25. The van der Waals surface area contributed by atoms with Gasteiger partial charge in [-0.3, -0.25) is 0 Å². The van der Waals surface area contributed by atoms with E-state index in [4.69, 9.17) is 0 Å². The summed E-state index contributed by atoms with van der Waals surface area (Å²) in [6.07, 6.45) is 8.66. The second-order valence-corrected chi connectivity index (χ2v) is 5.51. The molecule has 18 heavy (non-hydrogen) atoms. The van der Waals surface area contributed by atoms with E-state index in [2.05, 4.69) is 26.6 Å². The number of aromatic amines is 1. The van der Waals surface area contributed by atoms with Gasteiger partial charge in [-0.15, -0.1) is 0 Å². The molecule has 1 unspecified atom stereocenters. The van der Waals surface area contributed by atoms with E-state index in [0.717, 1.165) is 12.4 Å². The first-order valence-electron chi connectivity index (χ1n) is 7.00. The van der Waals surface area contributed by atoms with Crippen molar-refractivity contribution in [2.45, 2.75) is 38.1 Å². The van der Waals surface area contributed by atoms with Crippen LogP contribution in [-0.2, 0) is 0 Å². The van der Waals surface area contributed by atoms with Gasteiger partial charge in [0.2, 0.25) is 0 Å². The van der Waals surface area contributed by atoms with Crippen LogP contribution < -0.4 is 5.32 Å². The first-order valence-corrected chi connectivity index (χ1v) is 7.00. The topological polar surface area (TPSA) is 52.5 Å². The molecule has 1 fully saturated rings. The minimum absolute atomic E-state index is 0.241. The van der Waals surface area contributed by atoms with Crippen LogP contribution in [0.5, 0.6) is 0 Å². The van der Waals surface area contributed by atoms with Gasteiger partial charge in [0.1, 0.15) is 11.9 Å². The van der Waals surface area contributed by atoms with Crippen molar-refractivity contribution in [2.75, 3.05) is 11.9 Å². The first-order chi connectivity index (χ1) is 8.93. The van der Waals surface area contributed by atoms with E-state index in [-0.39, 0.29) is 6.04 Å². The van der Waals surface area contributed by atoms with Crippen LogP contribution in [0.15, 0.2) is 28.2 Å². The van der Waals surface area contributed by atoms with Gasteiger partial charge in [-0.2, -0.15) is 10.2 Å². The molecule has 2 N–H and O–H groups in total. The fourth-order valence-electron chi connectivity index (χ4n) is 3.49. The SMILES string of the molecule is c1cc2c([nH]1)NCC1N=NC(C3CCCCC3)=C21. The fourth-order valence-corrected chi connectivity index (χ4v) is 3.49. The molecule has 0 amide bonds. The number of rotatable bonds is 1. The van der Waals surface area contributed by atoms with E-state index in [1.807, 2.05) is 6.20 Å². The van der Waals surface area contributed by atoms with Crippen molar-refractivity contribution >= 4 is 11.4 Å². The zero-order chi connectivity index (χ0) is 11.9. The predicted octanol–water partition coefficient (Wildman–Crippen LogP) is 3.57. The lowest BCUT2D eigenvalue weighted by atomic mass is 9.83. The minimum Gasteiger partial charge on any atom is -0.369 e. The van der Waals surface area contributed by atoms with Crippen molar-refractivity contribution in [3.05, 3.63) is 23.5 Å². The molecule has 0 radical (unpaired) electrons. The maximum Gasteiger partial charge on any atom is 0.116 e. The average molecular weight is 242 g/mol. The van der Waals surface area contributed by atoms with Crippen LogP contribution in [-0.4, -0.2) is 17.6 Å². The Morgan fingerprint density at radius 3 is 2.94 bits per heavy atom. The quantitative estimate of drug-likeness (QED) is 0.777. The molecule has 1 aromatic heterocycles. The molecule has 3 heterocycles. The van der Waals surface area contributed by atoms with Crippen LogP contribution in [0.4, 0.5) is 5.82 Å². The fraction of sp³-hybridized carbons (Fsp3) is 0.571. The van der Waals surface area contributed by atoms with E-state index >= 15 is 0 Å². The van der Waals surface area contributed by atoms with Gasteiger partial charge in [0, 0.05) is 29.8 Å². The van der Waals surface area contributed by atoms with Crippen LogP contribution in [0, 0.1) is 5.92 Å². The molecule has 4 nitrogen and oxygen atoms in total. The molecule has 0 bridgehead atoms. The van der Waals surface area contributed by atoms with Gasteiger partial charge in [0.15, 0.2) is 0 Å². The average Bonchev–Trinajstić information content (AvgIpc) is 3.05. The number of hydrogen-bond donors (Lipinski definition) is 2. The van der Waals surface area contributed by atoms with Crippen LogP contribution in [0.25, 0.3) is 5.57 Å². The molecule has 3 aliphatic rings. The number of aromatic nitrogens is 1. The van der Waals surface area contributed by atoms with Crippen LogP contribution in [0.3, 0.4) is 0 Å². The highest BCUT2D eigenvalue weighted by Crippen LogP contribution is 2.43. The summed E-state index contributed by atoms with van der Waals surface area (Å²) in [6.45, 7) is 0.878. The second kappa shape index (κ2) is 3.97. The molecule has 0 spiro atoms. The van der Waals surface area contributed by atoms with Crippen molar-refractivity contribution < 1.29 is 0 Å². The second-order valence-electron chi connectivity index (χ2n) is 5.51. The summed E-state index contributed by atoms with van der Waals surface area (Å²) >= 11 is 0. The molecule has 1 saturated carbocycles. The molecule has 0 aromatic carbocycles. The van der Waals surface area contributed by atoms with Gasteiger partial charge >= 0.3 is 0 Å². The smallest absolute Gasteiger partial charge is 0.116 e. The third-order valence-corrected chi connectivity index (χ3v) is 4.42. The summed E-state index contributed by atoms with van der Waals surface area (Å²) in [5.74, 6) is 1.78. The van der Waals surface area contributed by atoms with Crippen LogP contribution in [0.1, 0.15) is 37.7 Å². The normalized spacial score (nSPS) is 27.0. The lowest BCUT2D eigenvalue weighted by Crippen LogP contribution is -2.24. The largest absolute Gasteiger partial charge is 0.369 e. The number of azo groups is 1. The van der Waals surface area contributed by atoms with Crippen molar-refractivity contribution in [3.63, 3.8) is 0 Å². The van der Waals surface area contributed by atoms with E-state index in [1.165, 1.54) is 48.9 Å². The van der Waals surface area contributed by atoms with Crippen molar-refractivity contribution in [1.29, 1.82) is 0 Å². The summed E-state index contributed by atoms with van der Waals surface area (Å²) in [6, 6.07) is 2.40. The highest BCUT2D eigenvalue weighted by atomic mass is 15.2. The lowest BCUT2D eigenvalue weighted by molar-refractivity contribution is 0.401. The van der Waals surface area contributed by atoms with Gasteiger partial charge in [-0.05, 0) is 18.9 Å². The standard InChI is InChI=1S/C14H18N4/c1-2-4-9(5-3-1)13-12-10-6-7-15-14(10)16-8-11(12)17-18-13/h6-7,9,11,15-16H,1-5,8H2. The summed E-state index contributed by atoms with van der Waals surface area (Å²) in [5, 5.41) is 12.4. The monoisotopic (exact) mass is 242 g/mol. The Hall–Kier alpha value is -1.58. The highest BCUT2D eigenvalue weighted by Gasteiger charge is 2.34. The third-order valence-electron chi connectivity index (χ3n) is 4.42. The Bertz CT molecular complexity index is 520. The molecule has 1 atom stereocenters. The molecule has 0 saturated heterocycles. The van der Waals surface area contributed by atoms with Gasteiger partial charge in [-0.1, -0.05) is 19.3 Å². The zero-order valence-corrected chi connectivity index (χ0v) is 10.4. The van der Waals surface area contributed by atoms with E-state index < -0.39 is 0 Å². The molecule has 4 rings (SSSR count). The molecular weight excluding hydrogens is 224 g/mol. The molecule has 2 aliphatic heterocycles. The number of H-pyrrole nitrogens is 1. The summed E-state index contributed by atoms with van der Waals surface area (Å²) < 4.78 is 0. The van der Waals surface area contributed by atoms with Crippen LogP contribution >= 0.6 is 0 Å². The maximum atomic E-state index is 4.53. The maximum absolute atomic E-state index is 4.53. The zero-order valence-electron chi connectivity index (χ0n) is 10.4. The van der Waals surface area contributed by atoms with E-state index in [1.54, 1.807) is 0 Å². The molecular formula is C14H18N4. The number of hydrogen-bond acceptors (Lipinski definition) is 3. The highest BCUT2D eigenvalue weighted by molar-refractivity contribution is 5.83. The summed E-state index contributed by atoms with van der Waals surface area (Å²) in [5.41, 5.74) is 3.95. The van der Waals surface area contributed by atoms with Gasteiger partial charge < -0.3 is 10.3 Å². The Kier molecular flexibility index (Phi) is 2.28.